The van der Waals surface area contributed by atoms with Gasteiger partial charge in [-0.25, -0.2) is 0 Å². The van der Waals surface area contributed by atoms with Gasteiger partial charge in [-0.2, -0.15) is 26.3 Å². The van der Waals surface area contributed by atoms with Gasteiger partial charge in [0.1, 0.15) is 6.04 Å². The van der Waals surface area contributed by atoms with Gasteiger partial charge in [0.15, 0.2) is 6.04 Å². The van der Waals surface area contributed by atoms with Gasteiger partial charge in [-0.3, -0.25) is 19.5 Å². The number of benzene rings is 4. The van der Waals surface area contributed by atoms with E-state index in [2.05, 4.69) is 0 Å². The topological polar surface area (TPSA) is 30.0 Å². The number of piperazine rings is 2. The van der Waals surface area contributed by atoms with E-state index in [-0.39, 0.29) is 32.7 Å². The van der Waals surface area contributed by atoms with Crippen LogP contribution in [0.15, 0.2) is 121 Å². The van der Waals surface area contributed by atoms with E-state index in [1.165, 1.54) is 9.80 Å². The van der Waals surface area contributed by atoms with E-state index >= 15 is 0 Å². The molecule has 260 valence electrons. The summed E-state index contributed by atoms with van der Waals surface area (Å²) in [6.45, 7) is 2.77. The average Bonchev–Trinajstić information content (AvgIpc) is 3.08. The molecule has 2 unspecified atom stereocenters. The Balaban J connectivity index is 0.000000191. The smallest absolute Gasteiger partial charge is 0.335 e. The molecule has 2 fully saturated rings. The third-order valence-corrected chi connectivity index (χ3v) is 8.75. The molecular weight excluding hydrogens is 642 g/mol. The van der Waals surface area contributed by atoms with Crippen LogP contribution in [-0.2, 0) is 31.0 Å². The first-order valence-electron chi connectivity index (χ1n) is 16.3. The van der Waals surface area contributed by atoms with Crippen molar-refractivity contribution in [3.05, 3.63) is 144 Å². The number of hydrogen-bond acceptors (Lipinski definition) is 4. The van der Waals surface area contributed by atoms with Crippen LogP contribution in [0.25, 0.3) is 0 Å². The summed E-state index contributed by atoms with van der Waals surface area (Å²) in [5.74, 6) is -0.876. The maximum atomic E-state index is 13.6. The second-order valence-corrected chi connectivity index (χ2v) is 12.4. The summed E-state index contributed by atoms with van der Waals surface area (Å²) in [5.41, 5.74) is 3.56. The Morgan fingerprint density at radius 3 is 1.35 bits per heavy atom. The molecule has 2 aliphatic heterocycles. The van der Waals surface area contributed by atoms with Crippen LogP contribution in [0, 0.1) is 0 Å². The van der Waals surface area contributed by atoms with Crippen molar-refractivity contribution >= 4 is 5.91 Å². The molecule has 0 N–H and O–H groups in total. The first-order valence-corrected chi connectivity index (χ1v) is 16.3. The van der Waals surface area contributed by atoms with Crippen LogP contribution in [-0.4, -0.2) is 82.7 Å². The van der Waals surface area contributed by atoms with Gasteiger partial charge in [-0.05, 0) is 22.3 Å². The van der Waals surface area contributed by atoms with E-state index in [1.807, 2.05) is 102 Å². The molecule has 0 bridgehead atoms. The summed E-state index contributed by atoms with van der Waals surface area (Å²) >= 11 is 0. The molecule has 11 heteroatoms. The molecular formula is C38H40F6N4O. The maximum absolute atomic E-state index is 13.6. The molecule has 0 radical (unpaired) electrons. The molecule has 5 nitrogen and oxygen atoms in total. The van der Waals surface area contributed by atoms with Crippen LogP contribution < -0.4 is 0 Å². The predicted octanol–water partition coefficient (Wildman–Crippen LogP) is 7.40. The Hall–Kier alpha value is -4.19. The Bertz CT molecular complexity index is 1570. The third-order valence-electron chi connectivity index (χ3n) is 8.75. The van der Waals surface area contributed by atoms with E-state index in [0.29, 0.717) is 26.2 Å². The zero-order valence-corrected chi connectivity index (χ0v) is 27.0. The lowest BCUT2D eigenvalue weighted by molar-refractivity contribution is -0.204. The molecule has 1 amide bonds. The van der Waals surface area contributed by atoms with Gasteiger partial charge in [0.25, 0.3) is 0 Å². The van der Waals surface area contributed by atoms with Crippen LogP contribution in [0.1, 0.15) is 22.3 Å². The first kappa shape index (κ1) is 36.1. The Morgan fingerprint density at radius 1 is 0.490 bits per heavy atom. The maximum Gasteiger partial charge on any atom is 0.412 e. The van der Waals surface area contributed by atoms with E-state index in [4.69, 9.17) is 0 Å². The second kappa shape index (κ2) is 16.5. The van der Waals surface area contributed by atoms with Gasteiger partial charge < -0.3 is 4.90 Å². The van der Waals surface area contributed by atoms with Crippen LogP contribution in [0.2, 0.25) is 0 Å². The predicted molar refractivity (Wildman–Crippen MR) is 177 cm³/mol. The minimum Gasteiger partial charge on any atom is -0.335 e. The largest absolute Gasteiger partial charge is 0.412 e. The number of hydrogen-bond donors (Lipinski definition) is 0. The van der Waals surface area contributed by atoms with Crippen molar-refractivity contribution in [2.75, 3.05) is 32.7 Å². The molecule has 2 saturated heterocycles. The molecule has 49 heavy (non-hydrogen) atoms. The highest BCUT2D eigenvalue weighted by molar-refractivity contribution is 5.83. The lowest BCUT2D eigenvalue weighted by atomic mass is 10.1. The number of amides is 1. The zero-order chi connectivity index (χ0) is 34.9. The molecule has 0 aromatic heterocycles. The number of carbonyl (C=O) groups is 1. The quantitative estimate of drug-likeness (QED) is 0.181. The van der Waals surface area contributed by atoms with Crippen LogP contribution in [0.3, 0.4) is 0 Å². The van der Waals surface area contributed by atoms with E-state index in [1.54, 1.807) is 29.2 Å². The number of carbonyl (C=O) groups excluding carboxylic acids is 1. The lowest BCUT2D eigenvalue weighted by Crippen LogP contribution is -2.61. The minimum atomic E-state index is -4.60. The summed E-state index contributed by atoms with van der Waals surface area (Å²) in [6, 6.07) is 33.5. The molecule has 6 rings (SSSR count). The molecule has 2 heterocycles. The summed E-state index contributed by atoms with van der Waals surface area (Å²) in [5, 5.41) is 0. The zero-order valence-electron chi connectivity index (χ0n) is 27.0. The second-order valence-electron chi connectivity index (χ2n) is 12.4. The Kier molecular flexibility index (Phi) is 12.1. The lowest BCUT2D eigenvalue weighted by Gasteiger charge is -2.42. The molecule has 0 spiro atoms. The summed E-state index contributed by atoms with van der Waals surface area (Å²) in [4.78, 5) is 18.5. The fourth-order valence-corrected chi connectivity index (χ4v) is 6.29. The van der Waals surface area contributed by atoms with Crippen molar-refractivity contribution in [2.24, 2.45) is 0 Å². The highest BCUT2D eigenvalue weighted by Crippen LogP contribution is 2.31. The van der Waals surface area contributed by atoms with Gasteiger partial charge in [0.05, 0.1) is 0 Å². The fourth-order valence-electron chi connectivity index (χ4n) is 6.29. The van der Waals surface area contributed by atoms with E-state index in [0.717, 1.165) is 22.3 Å². The van der Waals surface area contributed by atoms with Crippen molar-refractivity contribution in [1.29, 1.82) is 0 Å². The van der Waals surface area contributed by atoms with Gasteiger partial charge in [-0.1, -0.05) is 121 Å². The van der Waals surface area contributed by atoms with Gasteiger partial charge in [0, 0.05) is 58.9 Å². The summed E-state index contributed by atoms with van der Waals surface area (Å²) in [6.07, 6.45) is -8.81. The molecule has 2 aliphatic rings. The fraction of sp³-hybridized carbons (Fsp3) is 0.342. The van der Waals surface area contributed by atoms with Crippen LogP contribution in [0.4, 0.5) is 26.3 Å². The molecule has 2 atom stereocenters. The molecule has 4 aromatic carbocycles. The van der Waals surface area contributed by atoms with Gasteiger partial charge in [0.2, 0.25) is 5.91 Å². The number of nitrogens with zero attached hydrogens (tertiary/aromatic N) is 4. The normalized spacial score (nSPS) is 19.7. The van der Waals surface area contributed by atoms with Gasteiger partial charge >= 0.3 is 12.4 Å². The Morgan fingerprint density at radius 2 is 0.898 bits per heavy atom. The van der Waals surface area contributed by atoms with Crippen molar-refractivity contribution in [3.63, 3.8) is 0 Å². The van der Waals surface area contributed by atoms with Crippen molar-refractivity contribution in [3.8, 4) is 0 Å². The SMILES string of the molecule is FC(F)(F)C1CN(Cc2ccccc2)CCN1Cc1ccccc1.O=C1C(C(F)(F)F)N(Cc2ccccc2)CCN1Cc1ccccc1. The van der Waals surface area contributed by atoms with Crippen molar-refractivity contribution in [2.45, 2.75) is 50.6 Å². The number of alkyl halides is 6. The van der Waals surface area contributed by atoms with Crippen LogP contribution >= 0.6 is 0 Å². The minimum absolute atomic E-state index is 0.0191. The highest BCUT2D eigenvalue weighted by Gasteiger charge is 2.52. The van der Waals surface area contributed by atoms with Crippen molar-refractivity contribution < 1.29 is 31.1 Å². The summed E-state index contributed by atoms with van der Waals surface area (Å²) in [7, 11) is 0. The highest BCUT2D eigenvalue weighted by atomic mass is 19.4. The van der Waals surface area contributed by atoms with E-state index < -0.39 is 30.3 Å². The standard InChI is InChI=1S/C19H19F3N2O.C19H21F3N2/c20-19(21,22)17-18(25)24(14-16-9-5-2-6-10-16)12-11-23(17)13-15-7-3-1-4-8-15;20-19(21,22)18-15-23(13-16-7-3-1-4-8-16)11-12-24(18)14-17-9-5-2-6-10-17/h1-10,17H,11-14H2;1-10,18H,11-15H2. The third kappa shape index (κ3) is 10.4. The van der Waals surface area contributed by atoms with Gasteiger partial charge in [-0.15, -0.1) is 0 Å². The first-order chi connectivity index (χ1) is 23.5. The average molecular weight is 683 g/mol. The van der Waals surface area contributed by atoms with Crippen molar-refractivity contribution in [1.82, 2.24) is 19.6 Å². The molecule has 0 saturated carbocycles. The molecule has 0 aliphatic carbocycles. The molecule has 4 aromatic rings. The monoisotopic (exact) mass is 682 g/mol. The van der Waals surface area contributed by atoms with E-state index in [9.17, 15) is 31.1 Å². The Labute approximate surface area is 283 Å². The summed E-state index contributed by atoms with van der Waals surface area (Å²) < 4.78 is 81.3. The number of halogens is 6. The number of rotatable bonds is 8. The van der Waals surface area contributed by atoms with Crippen LogP contribution in [0.5, 0.6) is 0 Å².